The van der Waals surface area contributed by atoms with E-state index in [2.05, 4.69) is 48.1 Å². The average Bonchev–Trinajstić information content (AvgIpc) is 3.45. The topological polar surface area (TPSA) is 48.9 Å². The summed E-state index contributed by atoms with van der Waals surface area (Å²) < 4.78 is 18.8. The number of hydrogen-bond acceptors (Lipinski definition) is 5. The highest BCUT2D eigenvalue weighted by atomic mass is 32.1. The van der Waals surface area contributed by atoms with E-state index in [1.165, 1.54) is 5.56 Å². The Morgan fingerprint density at radius 3 is 2.76 bits per heavy atom. The van der Waals surface area contributed by atoms with E-state index in [-0.39, 0.29) is 6.79 Å². The van der Waals surface area contributed by atoms with Crippen LogP contribution in [-0.4, -0.2) is 11.4 Å². The molecule has 5 nitrogen and oxygen atoms in total. The zero-order valence-corrected chi connectivity index (χ0v) is 17.0. The summed E-state index contributed by atoms with van der Waals surface area (Å²) in [5.74, 6) is 2.39. The van der Waals surface area contributed by atoms with Crippen molar-refractivity contribution in [2.45, 2.75) is 20.4 Å². The number of fused-ring (bicyclic) bond motifs is 1. The Balaban J connectivity index is 1.62. The SMILES string of the molecule is Cc1ccc(N=c2scc(-c3ccco3)n2Cc2ccc3c(c2)OCO3)c(C)c1. The largest absolute Gasteiger partial charge is 0.463 e. The molecule has 0 aliphatic carbocycles. The van der Waals surface area contributed by atoms with Gasteiger partial charge in [-0.15, -0.1) is 11.3 Å². The number of hydrogen-bond donors (Lipinski definition) is 0. The smallest absolute Gasteiger partial charge is 0.231 e. The highest BCUT2D eigenvalue weighted by Crippen LogP contribution is 2.33. The maximum atomic E-state index is 5.67. The molecule has 0 saturated heterocycles. The first-order valence-electron chi connectivity index (χ1n) is 9.40. The monoisotopic (exact) mass is 404 g/mol. The lowest BCUT2D eigenvalue weighted by Gasteiger charge is -2.09. The van der Waals surface area contributed by atoms with Crippen molar-refractivity contribution in [1.29, 1.82) is 0 Å². The number of thiazole rings is 1. The van der Waals surface area contributed by atoms with E-state index < -0.39 is 0 Å². The van der Waals surface area contributed by atoms with Crippen LogP contribution in [0.15, 0.2) is 69.6 Å². The van der Waals surface area contributed by atoms with Crippen molar-refractivity contribution in [3.05, 3.63) is 81.7 Å². The molecule has 5 rings (SSSR count). The third-order valence-corrected chi connectivity index (χ3v) is 5.78. The van der Waals surface area contributed by atoms with Crippen molar-refractivity contribution in [3.8, 4) is 23.0 Å². The lowest BCUT2D eigenvalue weighted by atomic mass is 10.1. The molecule has 0 saturated carbocycles. The number of benzene rings is 2. The van der Waals surface area contributed by atoms with Crippen LogP contribution < -0.4 is 14.3 Å². The van der Waals surface area contributed by atoms with Crippen molar-refractivity contribution >= 4 is 17.0 Å². The molecule has 0 spiro atoms. The summed E-state index contributed by atoms with van der Waals surface area (Å²) in [5.41, 5.74) is 5.48. The fourth-order valence-electron chi connectivity index (χ4n) is 3.45. The minimum Gasteiger partial charge on any atom is -0.463 e. The summed E-state index contributed by atoms with van der Waals surface area (Å²) in [5, 5.41) is 2.09. The fraction of sp³-hybridized carbons (Fsp3) is 0.174. The Morgan fingerprint density at radius 1 is 1.03 bits per heavy atom. The number of aromatic nitrogens is 1. The molecule has 3 heterocycles. The summed E-state index contributed by atoms with van der Waals surface area (Å²) in [4.78, 5) is 5.88. The van der Waals surface area contributed by atoms with Crippen molar-refractivity contribution in [2.24, 2.45) is 4.99 Å². The molecule has 0 N–H and O–H groups in total. The minimum absolute atomic E-state index is 0.273. The average molecular weight is 404 g/mol. The molecule has 146 valence electrons. The summed E-state index contributed by atoms with van der Waals surface area (Å²) in [7, 11) is 0. The molecule has 0 fully saturated rings. The standard InChI is InChI=1S/C23H20N2O3S/c1-15-5-7-18(16(2)10-15)24-23-25(19(13-29-23)20-4-3-9-26-20)12-17-6-8-21-22(11-17)28-14-27-21/h3-11,13H,12,14H2,1-2H3. The van der Waals surface area contributed by atoms with Gasteiger partial charge in [-0.05, 0) is 55.3 Å². The van der Waals surface area contributed by atoms with E-state index in [9.17, 15) is 0 Å². The van der Waals surface area contributed by atoms with E-state index in [4.69, 9.17) is 18.9 Å². The molecule has 0 atom stereocenters. The van der Waals surface area contributed by atoms with Crippen LogP contribution >= 0.6 is 11.3 Å². The Bertz CT molecular complexity index is 1240. The number of furan rings is 1. The van der Waals surface area contributed by atoms with Crippen LogP contribution in [0, 0.1) is 13.8 Å². The molecule has 6 heteroatoms. The van der Waals surface area contributed by atoms with Crippen LogP contribution in [0.5, 0.6) is 11.5 Å². The maximum Gasteiger partial charge on any atom is 0.231 e. The maximum absolute atomic E-state index is 5.67. The molecule has 29 heavy (non-hydrogen) atoms. The lowest BCUT2D eigenvalue weighted by Crippen LogP contribution is -2.16. The van der Waals surface area contributed by atoms with E-state index >= 15 is 0 Å². The molecule has 2 aromatic heterocycles. The quantitative estimate of drug-likeness (QED) is 0.455. The first kappa shape index (κ1) is 17.8. The summed E-state index contributed by atoms with van der Waals surface area (Å²) in [6.45, 7) is 5.11. The fourth-order valence-corrected chi connectivity index (χ4v) is 4.35. The Hall–Kier alpha value is -3.25. The van der Waals surface area contributed by atoms with Crippen molar-refractivity contribution < 1.29 is 13.9 Å². The predicted octanol–water partition coefficient (Wildman–Crippen LogP) is 5.44. The van der Waals surface area contributed by atoms with Crippen LogP contribution in [0.2, 0.25) is 0 Å². The van der Waals surface area contributed by atoms with Gasteiger partial charge in [-0.25, -0.2) is 4.99 Å². The number of ether oxygens (including phenoxy) is 2. The molecule has 2 aromatic carbocycles. The van der Waals surface area contributed by atoms with Gasteiger partial charge in [-0.1, -0.05) is 23.8 Å². The lowest BCUT2D eigenvalue weighted by molar-refractivity contribution is 0.174. The summed E-state index contributed by atoms with van der Waals surface area (Å²) in [6.07, 6.45) is 1.69. The first-order chi connectivity index (χ1) is 14.2. The highest BCUT2D eigenvalue weighted by molar-refractivity contribution is 7.07. The molecule has 0 amide bonds. The van der Waals surface area contributed by atoms with Gasteiger partial charge in [0.15, 0.2) is 22.1 Å². The van der Waals surface area contributed by atoms with Gasteiger partial charge in [0.25, 0.3) is 0 Å². The van der Waals surface area contributed by atoms with Crippen LogP contribution in [0.4, 0.5) is 5.69 Å². The number of rotatable bonds is 4. The number of nitrogens with zero attached hydrogens (tertiary/aromatic N) is 2. The van der Waals surface area contributed by atoms with E-state index in [0.717, 1.165) is 44.6 Å². The summed E-state index contributed by atoms with van der Waals surface area (Å²) >= 11 is 1.61. The van der Waals surface area contributed by atoms with Crippen LogP contribution in [0.3, 0.4) is 0 Å². The van der Waals surface area contributed by atoms with Gasteiger partial charge < -0.3 is 18.5 Å². The zero-order chi connectivity index (χ0) is 19.8. The van der Waals surface area contributed by atoms with Crippen molar-refractivity contribution in [3.63, 3.8) is 0 Å². The van der Waals surface area contributed by atoms with E-state index in [0.29, 0.717) is 6.54 Å². The van der Waals surface area contributed by atoms with Gasteiger partial charge in [0, 0.05) is 5.38 Å². The van der Waals surface area contributed by atoms with Gasteiger partial charge in [0.2, 0.25) is 6.79 Å². The Kier molecular flexibility index (Phi) is 4.48. The Morgan fingerprint density at radius 2 is 1.93 bits per heavy atom. The second-order valence-electron chi connectivity index (χ2n) is 7.06. The zero-order valence-electron chi connectivity index (χ0n) is 16.2. The minimum atomic E-state index is 0.273. The summed E-state index contributed by atoms with van der Waals surface area (Å²) in [6, 6.07) is 16.2. The first-order valence-corrected chi connectivity index (χ1v) is 10.3. The Labute approximate surface area is 172 Å². The molecule has 1 aliphatic heterocycles. The van der Waals surface area contributed by atoms with Crippen LogP contribution in [0.25, 0.3) is 11.5 Å². The van der Waals surface area contributed by atoms with Gasteiger partial charge in [-0.3, -0.25) is 0 Å². The molecular formula is C23H20N2O3S. The van der Waals surface area contributed by atoms with Gasteiger partial charge >= 0.3 is 0 Å². The molecule has 0 radical (unpaired) electrons. The molecule has 1 aliphatic rings. The van der Waals surface area contributed by atoms with Crippen molar-refractivity contribution in [2.75, 3.05) is 6.79 Å². The molecule has 0 bridgehead atoms. The van der Waals surface area contributed by atoms with E-state index in [1.54, 1.807) is 17.6 Å². The van der Waals surface area contributed by atoms with Gasteiger partial charge in [0.1, 0.15) is 0 Å². The molecule has 0 unspecified atom stereocenters. The van der Waals surface area contributed by atoms with Gasteiger partial charge in [0.05, 0.1) is 24.2 Å². The predicted molar refractivity (Wildman–Crippen MR) is 113 cm³/mol. The van der Waals surface area contributed by atoms with E-state index in [1.807, 2.05) is 24.3 Å². The second-order valence-corrected chi connectivity index (χ2v) is 7.89. The van der Waals surface area contributed by atoms with Gasteiger partial charge in [-0.2, -0.15) is 0 Å². The third kappa shape index (κ3) is 3.47. The third-order valence-electron chi connectivity index (χ3n) is 4.92. The van der Waals surface area contributed by atoms with Crippen molar-refractivity contribution in [1.82, 2.24) is 4.57 Å². The molecular weight excluding hydrogens is 384 g/mol. The highest BCUT2D eigenvalue weighted by Gasteiger charge is 2.16. The van der Waals surface area contributed by atoms with Crippen LogP contribution in [-0.2, 0) is 6.54 Å². The molecule has 4 aromatic rings. The normalized spacial score (nSPS) is 13.2. The second kappa shape index (κ2) is 7.29. The van der Waals surface area contributed by atoms with Crippen LogP contribution in [0.1, 0.15) is 16.7 Å². The number of aryl methyl sites for hydroxylation is 2.